The highest BCUT2D eigenvalue weighted by atomic mass is 16.5. The lowest BCUT2D eigenvalue weighted by atomic mass is 10.3. The number of hydrogen-bond acceptors (Lipinski definition) is 3. The summed E-state index contributed by atoms with van der Waals surface area (Å²) >= 11 is 0. The van der Waals surface area contributed by atoms with Gasteiger partial charge >= 0.3 is 5.97 Å². The van der Waals surface area contributed by atoms with Gasteiger partial charge in [0.15, 0.2) is 6.61 Å². The Morgan fingerprint density at radius 1 is 1.53 bits per heavy atom. The summed E-state index contributed by atoms with van der Waals surface area (Å²) in [5, 5.41) is 0. The highest BCUT2D eigenvalue weighted by molar-refractivity contribution is 5.90. The van der Waals surface area contributed by atoms with E-state index in [0.717, 1.165) is 11.0 Å². The number of nitrogens with zero attached hydrogens (tertiary/aromatic N) is 1. The van der Waals surface area contributed by atoms with Gasteiger partial charge in [0.1, 0.15) is 0 Å². The standard InChI is InChI=1S/C11H8N2O2/c1-2-7-15-11(14)10-12-8-5-3-4-6-9(8)13-10/h1,3-6H,7H2,(H,12,13). The Labute approximate surface area is 86.3 Å². The van der Waals surface area contributed by atoms with Crippen molar-refractivity contribution in [3.63, 3.8) is 0 Å². The Morgan fingerprint density at radius 2 is 2.33 bits per heavy atom. The van der Waals surface area contributed by atoms with E-state index in [4.69, 9.17) is 11.2 Å². The molecule has 4 heteroatoms. The number of ether oxygens (including phenoxy) is 1. The van der Waals surface area contributed by atoms with E-state index in [-0.39, 0.29) is 12.4 Å². The zero-order chi connectivity index (χ0) is 10.7. The first-order valence-corrected chi connectivity index (χ1v) is 4.36. The van der Waals surface area contributed by atoms with Crippen LogP contribution in [0.1, 0.15) is 10.6 Å². The van der Waals surface area contributed by atoms with Crippen LogP contribution in [-0.4, -0.2) is 22.5 Å². The van der Waals surface area contributed by atoms with Crippen LogP contribution in [0.5, 0.6) is 0 Å². The molecule has 4 nitrogen and oxygen atoms in total. The van der Waals surface area contributed by atoms with E-state index in [0.29, 0.717) is 0 Å². The van der Waals surface area contributed by atoms with E-state index in [9.17, 15) is 4.79 Å². The molecule has 0 aliphatic heterocycles. The van der Waals surface area contributed by atoms with Gasteiger partial charge in [0, 0.05) is 0 Å². The van der Waals surface area contributed by atoms with Crippen molar-refractivity contribution in [1.82, 2.24) is 9.97 Å². The molecule has 0 aliphatic rings. The molecule has 1 aromatic heterocycles. The average Bonchev–Trinajstić information content (AvgIpc) is 2.69. The molecule has 0 saturated heterocycles. The predicted octanol–water partition coefficient (Wildman–Crippen LogP) is 1.35. The maximum Gasteiger partial charge on any atom is 0.375 e. The molecule has 1 aromatic carbocycles. The van der Waals surface area contributed by atoms with E-state index in [2.05, 4.69) is 15.9 Å². The van der Waals surface area contributed by atoms with Crippen molar-refractivity contribution in [1.29, 1.82) is 0 Å². The van der Waals surface area contributed by atoms with Crippen LogP contribution in [0.2, 0.25) is 0 Å². The molecule has 0 fully saturated rings. The third-order valence-electron chi connectivity index (χ3n) is 1.87. The van der Waals surface area contributed by atoms with Gasteiger partial charge in [0.05, 0.1) is 11.0 Å². The number of fused-ring (bicyclic) bond motifs is 1. The number of para-hydroxylation sites is 2. The first kappa shape index (κ1) is 9.28. The predicted molar refractivity (Wildman–Crippen MR) is 55.2 cm³/mol. The van der Waals surface area contributed by atoms with Gasteiger partial charge in [-0.1, -0.05) is 18.1 Å². The van der Waals surface area contributed by atoms with Crippen LogP contribution in [0.25, 0.3) is 11.0 Å². The Kier molecular flexibility index (Phi) is 2.38. The second kappa shape index (κ2) is 3.84. The van der Waals surface area contributed by atoms with Crippen LogP contribution < -0.4 is 0 Å². The molecule has 0 radical (unpaired) electrons. The number of H-pyrrole nitrogens is 1. The van der Waals surface area contributed by atoms with Gasteiger partial charge in [-0.2, -0.15) is 0 Å². The number of benzene rings is 1. The van der Waals surface area contributed by atoms with Crippen molar-refractivity contribution in [2.24, 2.45) is 0 Å². The summed E-state index contributed by atoms with van der Waals surface area (Å²) in [7, 11) is 0. The fourth-order valence-corrected chi connectivity index (χ4v) is 1.23. The lowest BCUT2D eigenvalue weighted by molar-refractivity contribution is 0.0544. The van der Waals surface area contributed by atoms with Gasteiger partial charge in [0.25, 0.3) is 0 Å². The van der Waals surface area contributed by atoms with Crippen LogP contribution >= 0.6 is 0 Å². The molecular formula is C11H8N2O2. The fourth-order valence-electron chi connectivity index (χ4n) is 1.23. The number of aromatic nitrogens is 2. The molecule has 0 atom stereocenters. The summed E-state index contributed by atoms with van der Waals surface area (Å²) in [5.41, 5.74) is 1.52. The number of terminal acetylenes is 1. The number of imidazole rings is 1. The van der Waals surface area contributed by atoms with Crippen LogP contribution in [-0.2, 0) is 4.74 Å². The molecule has 2 aromatic rings. The minimum atomic E-state index is -0.538. The fraction of sp³-hybridized carbons (Fsp3) is 0.0909. The molecule has 2 rings (SSSR count). The minimum absolute atomic E-state index is 0.0458. The van der Waals surface area contributed by atoms with Crippen LogP contribution in [0.3, 0.4) is 0 Å². The van der Waals surface area contributed by atoms with Crippen LogP contribution in [0.15, 0.2) is 24.3 Å². The van der Waals surface area contributed by atoms with Crippen molar-refractivity contribution >= 4 is 17.0 Å². The molecular weight excluding hydrogens is 192 g/mol. The highest BCUT2D eigenvalue weighted by Gasteiger charge is 2.11. The zero-order valence-electron chi connectivity index (χ0n) is 7.86. The SMILES string of the molecule is C#CCOC(=O)c1nc2ccccc2[nH]1. The van der Waals surface area contributed by atoms with Gasteiger partial charge in [-0.3, -0.25) is 0 Å². The van der Waals surface area contributed by atoms with E-state index in [1.54, 1.807) is 0 Å². The van der Waals surface area contributed by atoms with E-state index in [1.807, 2.05) is 24.3 Å². The third kappa shape index (κ3) is 1.81. The topological polar surface area (TPSA) is 55.0 Å². The summed E-state index contributed by atoms with van der Waals surface area (Å²) in [6.07, 6.45) is 4.97. The molecule has 0 aliphatic carbocycles. The Balaban J connectivity index is 2.29. The van der Waals surface area contributed by atoms with Gasteiger partial charge in [0.2, 0.25) is 5.82 Å². The Hall–Kier alpha value is -2.28. The van der Waals surface area contributed by atoms with Crippen molar-refractivity contribution < 1.29 is 9.53 Å². The van der Waals surface area contributed by atoms with Gasteiger partial charge in [-0.15, -0.1) is 6.42 Å². The number of carbonyl (C=O) groups excluding carboxylic acids is 1. The van der Waals surface area contributed by atoms with Crippen molar-refractivity contribution in [3.8, 4) is 12.3 Å². The minimum Gasteiger partial charge on any atom is -0.447 e. The second-order valence-corrected chi connectivity index (χ2v) is 2.88. The van der Waals surface area contributed by atoms with Gasteiger partial charge in [-0.25, -0.2) is 9.78 Å². The van der Waals surface area contributed by atoms with Crippen molar-refractivity contribution in [3.05, 3.63) is 30.1 Å². The first-order chi connectivity index (χ1) is 7.31. The second-order valence-electron chi connectivity index (χ2n) is 2.88. The van der Waals surface area contributed by atoms with Crippen LogP contribution in [0.4, 0.5) is 0 Å². The highest BCUT2D eigenvalue weighted by Crippen LogP contribution is 2.10. The maximum absolute atomic E-state index is 11.4. The molecule has 0 amide bonds. The number of nitrogens with one attached hydrogen (secondary N) is 1. The molecule has 0 saturated carbocycles. The maximum atomic E-state index is 11.4. The lowest BCUT2D eigenvalue weighted by Gasteiger charge is -1.94. The van der Waals surface area contributed by atoms with E-state index < -0.39 is 5.97 Å². The monoisotopic (exact) mass is 200 g/mol. The smallest absolute Gasteiger partial charge is 0.375 e. The summed E-state index contributed by atoms with van der Waals surface area (Å²) in [6.45, 7) is -0.0458. The van der Waals surface area contributed by atoms with Gasteiger partial charge < -0.3 is 9.72 Å². The van der Waals surface area contributed by atoms with Crippen LogP contribution in [0, 0.1) is 12.3 Å². The Morgan fingerprint density at radius 3 is 3.07 bits per heavy atom. The number of esters is 1. The number of aromatic amines is 1. The van der Waals surface area contributed by atoms with E-state index >= 15 is 0 Å². The number of carbonyl (C=O) groups is 1. The normalized spacial score (nSPS) is 9.80. The van der Waals surface area contributed by atoms with Gasteiger partial charge in [-0.05, 0) is 12.1 Å². The molecule has 1 heterocycles. The third-order valence-corrected chi connectivity index (χ3v) is 1.87. The van der Waals surface area contributed by atoms with Crippen molar-refractivity contribution in [2.75, 3.05) is 6.61 Å². The molecule has 74 valence electrons. The molecule has 0 bridgehead atoms. The molecule has 0 spiro atoms. The average molecular weight is 200 g/mol. The van der Waals surface area contributed by atoms with E-state index in [1.165, 1.54) is 0 Å². The number of rotatable bonds is 2. The Bertz CT molecular complexity index is 504. The summed E-state index contributed by atoms with van der Waals surface area (Å²) < 4.78 is 4.74. The largest absolute Gasteiger partial charge is 0.447 e. The molecule has 1 N–H and O–H groups in total. The number of hydrogen-bond donors (Lipinski definition) is 1. The lowest BCUT2D eigenvalue weighted by Crippen LogP contribution is -2.07. The summed E-state index contributed by atoms with van der Waals surface area (Å²) in [5.74, 6) is 1.85. The summed E-state index contributed by atoms with van der Waals surface area (Å²) in [4.78, 5) is 18.3. The quantitative estimate of drug-likeness (QED) is 0.588. The zero-order valence-corrected chi connectivity index (χ0v) is 7.86. The summed E-state index contributed by atoms with van der Waals surface area (Å²) in [6, 6.07) is 7.35. The molecule has 0 unspecified atom stereocenters. The molecule has 15 heavy (non-hydrogen) atoms. The first-order valence-electron chi connectivity index (χ1n) is 4.36. The van der Waals surface area contributed by atoms with Crippen molar-refractivity contribution in [2.45, 2.75) is 0 Å².